The Morgan fingerprint density at radius 1 is 1.37 bits per heavy atom. The van der Waals surface area contributed by atoms with E-state index in [1.165, 1.54) is 0 Å². The number of benzene rings is 1. The third kappa shape index (κ3) is 4.14. The molecule has 1 heterocycles. The molecule has 0 fully saturated rings. The Kier molecular flexibility index (Phi) is 5.09. The molecular weight excluding hydrogens is 376 g/mol. The van der Waals surface area contributed by atoms with Gasteiger partial charge in [-0.15, -0.1) is 5.10 Å². The van der Waals surface area contributed by atoms with E-state index >= 15 is 0 Å². The number of aromatic nitrogens is 3. The molecule has 0 unspecified atom stereocenters. The molecule has 0 saturated heterocycles. The highest BCUT2D eigenvalue weighted by atomic mass is 79.9. The summed E-state index contributed by atoms with van der Waals surface area (Å²) >= 11 is 6.72. The number of carbonyl (C=O) groups is 1. The van der Waals surface area contributed by atoms with E-state index < -0.39 is 0 Å². The molecule has 0 aliphatic heterocycles. The van der Waals surface area contributed by atoms with Crippen molar-refractivity contribution >= 4 is 37.8 Å². The Labute approximate surface area is 127 Å². The molecule has 1 N–H and O–H groups in total. The normalized spacial score (nSPS) is 10.4. The predicted octanol–water partition coefficient (Wildman–Crippen LogP) is 2.62. The number of nitrogens with one attached hydrogen (secondary N) is 1. The molecule has 0 radical (unpaired) electrons. The summed E-state index contributed by atoms with van der Waals surface area (Å²) in [6, 6.07) is 5.51. The van der Waals surface area contributed by atoms with Crippen molar-refractivity contribution in [1.82, 2.24) is 20.3 Å². The van der Waals surface area contributed by atoms with Gasteiger partial charge in [0.05, 0.1) is 11.8 Å². The molecule has 2 rings (SSSR count). The van der Waals surface area contributed by atoms with Crippen LogP contribution in [0.3, 0.4) is 0 Å². The summed E-state index contributed by atoms with van der Waals surface area (Å²) in [7, 11) is 0. The number of amides is 1. The number of hydrogen-bond acceptors (Lipinski definition) is 3. The second kappa shape index (κ2) is 6.81. The van der Waals surface area contributed by atoms with Gasteiger partial charge >= 0.3 is 0 Å². The van der Waals surface area contributed by atoms with Gasteiger partial charge in [-0.05, 0) is 40.5 Å². The SMILES string of the molecule is O=C(NCCCn1ccnn1)c1cc(Br)ccc1Br. The second-order valence-electron chi connectivity index (χ2n) is 3.90. The Balaban J connectivity index is 1.82. The lowest BCUT2D eigenvalue weighted by atomic mass is 10.2. The Bertz CT molecular complexity index is 557. The lowest BCUT2D eigenvalue weighted by molar-refractivity contribution is 0.0951. The molecule has 19 heavy (non-hydrogen) atoms. The van der Waals surface area contributed by atoms with Crippen molar-refractivity contribution in [3.05, 3.63) is 45.1 Å². The molecule has 1 aromatic heterocycles. The summed E-state index contributed by atoms with van der Waals surface area (Å²) < 4.78 is 3.40. The van der Waals surface area contributed by atoms with Gasteiger partial charge in [-0.2, -0.15) is 0 Å². The second-order valence-corrected chi connectivity index (χ2v) is 5.67. The number of rotatable bonds is 5. The van der Waals surface area contributed by atoms with Crippen molar-refractivity contribution in [2.45, 2.75) is 13.0 Å². The first-order valence-corrected chi connectivity index (χ1v) is 7.33. The monoisotopic (exact) mass is 386 g/mol. The molecule has 1 amide bonds. The van der Waals surface area contributed by atoms with Gasteiger partial charge in [0.25, 0.3) is 5.91 Å². The minimum Gasteiger partial charge on any atom is -0.352 e. The number of nitrogens with zero attached hydrogens (tertiary/aromatic N) is 3. The summed E-state index contributed by atoms with van der Waals surface area (Å²) in [4.78, 5) is 12.0. The standard InChI is InChI=1S/C12H12Br2N4O/c13-9-2-3-11(14)10(8-9)12(19)15-4-1-6-18-7-5-16-17-18/h2-3,5,7-8H,1,4,6H2,(H,15,19). The fraction of sp³-hybridized carbons (Fsp3) is 0.250. The number of aryl methyl sites for hydroxylation is 1. The maximum Gasteiger partial charge on any atom is 0.252 e. The highest BCUT2D eigenvalue weighted by Gasteiger charge is 2.09. The molecule has 0 spiro atoms. The van der Waals surface area contributed by atoms with Crippen LogP contribution in [0.5, 0.6) is 0 Å². The summed E-state index contributed by atoms with van der Waals surface area (Å²) in [6.07, 6.45) is 4.24. The maximum atomic E-state index is 12.0. The molecule has 0 atom stereocenters. The highest BCUT2D eigenvalue weighted by molar-refractivity contribution is 9.11. The summed E-state index contributed by atoms with van der Waals surface area (Å²) in [5, 5.41) is 10.5. The molecule has 2 aromatic rings. The average Bonchev–Trinajstić information content (AvgIpc) is 2.90. The molecule has 0 aliphatic rings. The Morgan fingerprint density at radius 2 is 2.21 bits per heavy atom. The third-order valence-corrected chi connectivity index (χ3v) is 3.68. The van der Waals surface area contributed by atoms with Crippen molar-refractivity contribution in [1.29, 1.82) is 0 Å². The summed E-state index contributed by atoms with van der Waals surface area (Å²) in [5.74, 6) is -0.0910. The Morgan fingerprint density at radius 3 is 2.95 bits per heavy atom. The van der Waals surface area contributed by atoms with E-state index in [4.69, 9.17) is 0 Å². The lowest BCUT2D eigenvalue weighted by Crippen LogP contribution is -2.25. The molecule has 7 heteroatoms. The third-order valence-electron chi connectivity index (χ3n) is 2.49. The first-order valence-electron chi connectivity index (χ1n) is 5.74. The molecule has 0 aliphatic carbocycles. The highest BCUT2D eigenvalue weighted by Crippen LogP contribution is 2.21. The van der Waals surface area contributed by atoms with Crippen molar-refractivity contribution in [2.75, 3.05) is 6.54 Å². The largest absolute Gasteiger partial charge is 0.352 e. The minimum absolute atomic E-state index is 0.0910. The smallest absolute Gasteiger partial charge is 0.252 e. The van der Waals surface area contributed by atoms with Crippen molar-refractivity contribution < 1.29 is 4.79 Å². The zero-order chi connectivity index (χ0) is 13.7. The zero-order valence-corrected chi connectivity index (χ0v) is 13.2. The molecule has 0 bridgehead atoms. The van der Waals surface area contributed by atoms with E-state index in [2.05, 4.69) is 47.5 Å². The topological polar surface area (TPSA) is 59.8 Å². The van der Waals surface area contributed by atoms with Gasteiger partial charge in [0, 0.05) is 28.2 Å². The van der Waals surface area contributed by atoms with Crippen LogP contribution in [0.4, 0.5) is 0 Å². The van der Waals surface area contributed by atoms with Crippen LogP contribution in [0, 0.1) is 0 Å². The molecular formula is C12H12Br2N4O. The van der Waals surface area contributed by atoms with Crippen molar-refractivity contribution in [2.24, 2.45) is 0 Å². The van der Waals surface area contributed by atoms with Crippen molar-refractivity contribution in [3.8, 4) is 0 Å². The Hall–Kier alpha value is -1.21. The van der Waals surface area contributed by atoms with Gasteiger partial charge < -0.3 is 5.32 Å². The first kappa shape index (κ1) is 14.2. The van der Waals surface area contributed by atoms with E-state index in [1.54, 1.807) is 23.1 Å². The first-order chi connectivity index (χ1) is 9.16. The van der Waals surface area contributed by atoms with Crippen LogP contribution in [0.25, 0.3) is 0 Å². The van der Waals surface area contributed by atoms with E-state index in [0.717, 1.165) is 21.9 Å². The van der Waals surface area contributed by atoms with Crippen molar-refractivity contribution in [3.63, 3.8) is 0 Å². The van der Waals surface area contributed by atoms with Gasteiger partial charge in [0.1, 0.15) is 0 Å². The molecule has 100 valence electrons. The molecule has 1 aromatic carbocycles. The summed E-state index contributed by atoms with van der Waals surface area (Å²) in [5.41, 5.74) is 0.620. The number of hydrogen-bond donors (Lipinski definition) is 1. The fourth-order valence-corrected chi connectivity index (χ4v) is 2.35. The van der Waals surface area contributed by atoms with Crippen LogP contribution < -0.4 is 5.32 Å². The van der Waals surface area contributed by atoms with E-state index in [1.807, 2.05) is 12.1 Å². The van der Waals surface area contributed by atoms with E-state index in [-0.39, 0.29) is 5.91 Å². The predicted molar refractivity (Wildman–Crippen MR) is 78.8 cm³/mol. The average molecular weight is 388 g/mol. The van der Waals surface area contributed by atoms with Crippen LogP contribution >= 0.6 is 31.9 Å². The number of halogens is 2. The molecule has 5 nitrogen and oxygen atoms in total. The zero-order valence-electron chi connectivity index (χ0n) is 10.0. The van der Waals surface area contributed by atoms with E-state index in [9.17, 15) is 4.79 Å². The lowest BCUT2D eigenvalue weighted by Gasteiger charge is -2.07. The number of carbonyl (C=O) groups excluding carboxylic acids is 1. The van der Waals surface area contributed by atoms with Gasteiger partial charge in [-0.25, -0.2) is 0 Å². The fourth-order valence-electron chi connectivity index (χ4n) is 1.56. The maximum absolute atomic E-state index is 12.0. The quantitative estimate of drug-likeness (QED) is 0.802. The van der Waals surface area contributed by atoms with Gasteiger partial charge in [0.2, 0.25) is 0 Å². The van der Waals surface area contributed by atoms with Gasteiger partial charge in [0.15, 0.2) is 0 Å². The van der Waals surface area contributed by atoms with Crippen LogP contribution in [0.1, 0.15) is 16.8 Å². The molecule has 0 saturated carbocycles. The van der Waals surface area contributed by atoms with E-state index in [0.29, 0.717) is 12.1 Å². The van der Waals surface area contributed by atoms with Crippen LogP contribution in [-0.2, 0) is 6.54 Å². The van der Waals surface area contributed by atoms with Gasteiger partial charge in [-0.3, -0.25) is 9.48 Å². The summed E-state index contributed by atoms with van der Waals surface area (Å²) in [6.45, 7) is 1.33. The van der Waals surface area contributed by atoms with Crippen LogP contribution in [0.2, 0.25) is 0 Å². The van der Waals surface area contributed by atoms with Gasteiger partial charge in [-0.1, -0.05) is 21.1 Å². The van der Waals surface area contributed by atoms with Crippen LogP contribution in [-0.4, -0.2) is 27.4 Å². The van der Waals surface area contributed by atoms with Crippen LogP contribution in [0.15, 0.2) is 39.5 Å². The minimum atomic E-state index is -0.0910.